The molecule has 0 fully saturated rings. The van der Waals surface area contributed by atoms with E-state index in [2.05, 4.69) is 4.98 Å². The minimum absolute atomic E-state index is 0.444. The van der Waals surface area contributed by atoms with Crippen molar-refractivity contribution in [1.29, 1.82) is 0 Å². The number of aliphatic hydroxyl groups is 1. The quantitative estimate of drug-likeness (QED) is 0.728. The number of pyridine rings is 1. The molecule has 4 heteroatoms. The Hall–Kier alpha value is -0.640. The van der Waals surface area contributed by atoms with Gasteiger partial charge in [0.2, 0.25) is 0 Å². The van der Waals surface area contributed by atoms with Gasteiger partial charge in [0.15, 0.2) is 0 Å². The first-order chi connectivity index (χ1) is 5.63. The summed E-state index contributed by atoms with van der Waals surface area (Å²) < 4.78 is 0. The molecular formula is C8H11ClN2O. The van der Waals surface area contributed by atoms with E-state index < -0.39 is 12.1 Å². The van der Waals surface area contributed by atoms with E-state index in [1.54, 1.807) is 19.2 Å². The van der Waals surface area contributed by atoms with Crippen molar-refractivity contribution >= 4 is 11.6 Å². The van der Waals surface area contributed by atoms with Crippen molar-refractivity contribution in [3.63, 3.8) is 0 Å². The zero-order valence-corrected chi connectivity index (χ0v) is 7.49. The van der Waals surface area contributed by atoms with E-state index in [0.717, 1.165) is 5.56 Å². The van der Waals surface area contributed by atoms with Gasteiger partial charge < -0.3 is 10.8 Å². The maximum atomic E-state index is 9.19. The lowest BCUT2D eigenvalue weighted by Crippen LogP contribution is -2.23. The van der Waals surface area contributed by atoms with Gasteiger partial charge in [-0.3, -0.25) is 4.98 Å². The fraction of sp³-hybridized carbons (Fsp3) is 0.375. The third-order valence-corrected chi connectivity index (χ3v) is 2.00. The van der Waals surface area contributed by atoms with Crippen molar-refractivity contribution in [2.24, 2.45) is 5.73 Å². The molecule has 0 amide bonds. The molecule has 3 nitrogen and oxygen atoms in total. The van der Waals surface area contributed by atoms with Crippen LogP contribution in [0.4, 0.5) is 0 Å². The minimum Gasteiger partial charge on any atom is -0.391 e. The lowest BCUT2D eigenvalue weighted by Gasteiger charge is -2.15. The van der Waals surface area contributed by atoms with E-state index in [0.29, 0.717) is 5.02 Å². The van der Waals surface area contributed by atoms with Crippen LogP contribution in [0.1, 0.15) is 18.5 Å². The third kappa shape index (κ3) is 1.94. The standard InChI is InChI=1S/C8H11ClN2O/c1-5(12)8(10)6-2-3-11-4-7(6)9/h2-5,8,12H,10H2,1H3/t5-,8-/m1/s1. The van der Waals surface area contributed by atoms with E-state index in [4.69, 9.17) is 17.3 Å². The highest BCUT2D eigenvalue weighted by Gasteiger charge is 2.14. The molecule has 0 aliphatic rings. The molecule has 1 aromatic rings. The molecule has 0 saturated carbocycles. The van der Waals surface area contributed by atoms with Crippen LogP contribution >= 0.6 is 11.6 Å². The largest absolute Gasteiger partial charge is 0.391 e. The molecule has 0 aromatic carbocycles. The van der Waals surface area contributed by atoms with Crippen LogP contribution in [0.3, 0.4) is 0 Å². The number of aromatic nitrogens is 1. The topological polar surface area (TPSA) is 59.1 Å². The van der Waals surface area contributed by atoms with Crippen LogP contribution in [-0.4, -0.2) is 16.2 Å². The van der Waals surface area contributed by atoms with Crippen LogP contribution in [0.25, 0.3) is 0 Å². The van der Waals surface area contributed by atoms with Gasteiger partial charge in [0.25, 0.3) is 0 Å². The summed E-state index contributed by atoms with van der Waals surface area (Å²) in [5.74, 6) is 0. The second-order valence-electron chi connectivity index (χ2n) is 2.66. The predicted octanol–water partition coefficient (Wildman–Crippen LogP) is 1.12. The van der Waals surface area contributed by atoms with Crippen molar-refractivity contribution in [1.82, 2.24) is 4.98 Å². The van der Waals surface area contributed by atoms with Gasteiger partial charge in [-0.2, -0.15) is 0 Å². The van der Waals surface area contributed by atoms with Crippen LogP contribution in [0.15, 0.2) is 18.5 Å². The Morgan fingerprint density at radius 1 is 1.67 bits per heavy atom. The molecule has 0 spiro atoms. The van der Waals surface area contributed by atoms with Crippen LogP contribution in [0, 0.1) is 0 Å². The summed E-state index contributed by atoms with van der Waals surface area (Å²) >= 11 is 5.81. The van der Waals surface area contributed by atoms with Gasteiger partial charge in [-0.15, -0.1) is 0 Å². The van der Waals surface area contributed by atoms with E-state index >= 15 is 0 Å². The van der Waals surface area contributed by atoms with Crippen molar-refractivity contribution in [3.8, 4) is 0 Å². The highest BCUT2D eigenvalue weighted by molar-refractivity contribution is 6.31. The Labute approximate surface area is 76.2 Å². The molecule has 0 radical (unpaired) electrons. The van der Waals surface area contributed by atoms with Crippen LogP contribution in [-0.2, 0) is 0 Å². The number of halogens is 1. The summed E-state index contributed by atoms with van der Waals surface area (Å²) in [6.45, 7) is 1.63. The number of nitrogens with two attached hydrogens (primary N) is 1. The number of aliphatic hydroxyl groups excluding tert-OH is 1. The Kier molecular flexibility index (Phi) is 3.03. The average molecular weight is 187 g/mol. The first-order valence-electron chi connectivity index (χ1n) is 3.66. The van der Waals surface area contributed by atoms with Gasteiger partial charge in [-0.05, 0) is 18.6 Å². The zero-order valence-electron chi connectivity index (χ0n) is 6.74. The summed E-state index contributed by atoms with van der Waals surface area (Å²) in [6.07, 6.45) is 2.51. The van der Waals surface area contributed by atoms with Gasteiger partial charge in [-0.25, -0.2) is 0 Å². The predicted molar refractivity (Wildman–Crippen MR) is 47.9 cm³/mol. The maximum absolute atomic E-state index is 9.19. The molecule has 0 aliphatic heterocycles. The van der Waals surface area contributed by atoms with Crippen molar-refractivity contribution in [3.05, 3.63) is 29.0 Å². The molecule has 2 atom stereocenters. The van der Waals surface area contributed by atoms with E-state index in [1.165, 1.54) is 6.20 Å². The van der Waals surface area contributed by atoms with Crippen LogP contribution in [0.5, 0.6) is 0 Å². The van der Waals surface area contributed by atoms with E-state index in [1.807, 2.05) is 0 Å². The fourth-order valence-electron chi connectivity index (χ4n) is 0.916. The Balaban J connectivity index is 2.94. The number of hydrogen-bond donors (Lipinski definition) is 2. The lowest BCUT2D eigenvalue weighted by atomic mass is 10.1. The Bertz CT molecular complexity index is 265. The Morgan fingerprint density at radius 3 is 2.83 bits per heavy atom. The molecule has 0 saturated heterocycles. The lowest BCUT2D eigenvalue weighted by molar-refractivity contribution is 0.164. The first-order valence-corrected chi connectivity index (χ1v) is 4.03. The molecule has 1 aromatic heterocycles. The maximum Gasteiger partial charge on any atom is 0.0705 e. The SMILES string of the molecule is C[C@@H](O)[C@@H](N)c1ccncc1Cl. The number of rotatable bonds is 2. The number of nitrogens with zero attached hydrogens (tertiary/aromatic N) is 1. The molecule has 0 unspecified atom stereocenters. The minimum atomic E-state index is -0.607. The molecule has 12 heavy (non-hydrogen) atoms. The normalized spacial score (nSPS) is 15.7. The summed E-state index contributed by atoms with van der Waals surface area (Å²) in [6, 6.07) is 1.26. The molecule has 0 aliphatic carbocycles. The van der Waals surface area contributed by atoms with Crippen LogP contribution in [0.2, 0.25) is 5.02 Å². The zero-order chi connectivity index (χ0) is 9.14. The average Bonchev–Trinajstić information content (AvgIpc) is 2.04. The van der Waals surface area contributed by atoms with Gasteiger partial charge in [0.1, 0.15) is 0 Å². The monoisotopic (exact) mass is 186 g/mol. The summed E-state index contributed by atoms with van der Waals surface area (Å²) in [7, 11) is 0. The smallest absolute Gasteiger partial charge is 0.0705 e. The fourth-order valence-corrected chi connectivity index (χ4v) is 1.16. The van der Waals surface area contributed by atoms with Crippen LogP contribution < -0.4 is 5.73 Å². The van der Waals surface area contributed by atoms with Crippen molar-refractivity contribution in [2.45, 2.75) is 19.1 Å². The first kappa shape index (κ1) is 9.45. The molecule has 1 rings (SSSR count). The molecule has 66 valence electrons. The molecule has 3 N–H and O–H groups in total. The summed E-state index contributed by atoms with van der Waals surface area (Å²) in [5.41, 5.74) is 6.40. The highest BCUT2D eigenvalue weighted by Crippen LogP contribution is 2.21. The highest BCUT2D eigenvalue weighted by atomic mass is 35.5. The van der Waals surface area contributed by atoms with Gasteiger partial charge in [-0.1, -0.05) is 11.6 Å². The molecular weight excluding hydrogens is 176 g/mol. The number of hydrogen-bond acceptors (Lipinski definition) is 3. The molecule has 0 bridgehead atoms. The van der Waals surface area contributed by atoms with Gasteiger partial charge >= 0.3 is 0 Å². The van der Waals surface area contributed by atoms with Gasteiger partial charge in [0, 0.05) is 12.4 Å². The van der Waals surface area contributed by atoms with E-state index in [9.17, 15) is 5.11 Å². The Morgan fingerprint density at radius 2 is 2.33 bits per heavy atom. The van der Waals surface area contributed by atoms with E-state index in [-0.39, 0.29) is 0 Å². The second-order valence-corrected chi connectivity index (χ2v) is 3.07. The molecule has 1 heterocycles. The third-order valence-electron chi connectivity index (χ3n) is 1.68. The van der Waals surface area contributed by atoms with Gasteiger partial charge in [0.05, 0.1) is 17.2 Å². The second kappa shape index (κ2) is 3.85. The van der Waals surface area contributed by atoms with Crippen molar-refractivity contribution < 1.29 is 5.11 Å². The summed E-state index contributed by atoms with van der Waals surface area (Å²) in [5, 5.41) is 9.69. The summed E-state index contributed by atoms with van der Waals surface area (Å²) in [4.78, 5) is 3.82. The van der Waals surface area contributed by atoms with Crippen molar-refractivity contribution in [2.75, 3.05) is 0 Å².